The van der Waals surface area contributed by atoms with Gasteiger partial charge in [0.2, 0.25) is 0 Å². The van der Waals surface area contributed by atoms with Crippen LogP contribution in [0.5, 0.6) is 11.5 Å². The highest BCUT2D eigenvalue weighted by Gasteiger charge is 2.19. The second-order valence-electron chi connectivity index (χ2n) is 9.34. The molecule has 1 saturated heterocycles. The van der Waals surface area contributed by atoms with Crippen molar-refractivity contribution in [3.05, 3.63) is 54.1 Å². The summed E-state index contributed by atoms with van der Waals surface area (Å²) in [6, 6.07) is 16.4. The summed E-state index contributed by atoms with van der Waals surface area (Å²) < 4.78 is 16.6. The first-order valence-electron chi connectivity index (χ1n) is 11.5. The van der Waals surface area contributed by atoms with E-state index in [9.17, 15) is 5.11 Å². The van der Waals surface area contributed by atoms with Crippen molar-refractivity contribution in [2.75, 3.05) is 64.6 Å². The third-order valence-electron chi connectivity index (χ3n) is 5.81. The average Bonchev–Trinajstić information content (AvgIpc) is 2.79. The second kappa shape index (κ2) is 11.5. The Labute approximate surface area is 192 Å². The van der Waals surface area contributed by atoms with E-state index in [0.29, 0.717) is 26.4 Å². The van der Waals surface area contributed by atoms with Gasteiger partial charge < -0.3 is 24.2 Å². The first-order chi connectivity index (χ1) is 15.3. The summed E-state index contributed by atoms with van der Waals surface area (Å²) in [6.45, 7) is 12.2. The Morgan fingerprint density at radius 3 is 2.09 bits per heavy atom. The molecule has 0 saturated carbocycles. The largest absolute Gasteiger partial charge is 0.497 e. The lowest BCUT2D eigenvalue weighted by Gasteiger charge is -2.36. The zero-order valence-electron chi connectivity index (χ0n) is 19.9. The molecule has 0 unspecified atom stereocenters. The highest BCUT2D eigenvalue weighted by Crippen LogP contribution is 2.24. The van der Waals surface area contributed by atoms with Crippen LogP contribution >= 0.6 is 0 Å². The second-order valence-corrected chi connectivity index (χ2v) is 9.34. The molecule has 0 radical (unpaired) electrons. The van der Waals surface area contributed by atoms with Crippen LogP contribution in [0.1, 0.15) is 26.3 Å². The van der Waals surface area contributed by atoms with Crippen molar-refractivity contribution in [1.82, 2.24) is 4.90 Å². The molecule has 1 atom stereocenters. The maximum Gasteiger partial charge on any atom is 0.119 e. The number of piperazine rings is 1. The van der Waals surface area contributed by atoms with E-state index in [0.717, 1.165) is 37.7 Å². The summed E-state index contributed by atoms with van der Waals surface area (Å²) in [7, 11) is 1.68. The van der Waals surface area contributed by atoms with Crippen molar-refractivity contribution < 1.29 is 19.3 Å². The molecule has 2 aromatic carbocycles. The van der Waals surface area contributed by atoms with Crippen LogP contribution in [0.4, 0.5) is 5.69 Å². The van der Waals surface area contributed by atoms with Gasteiger partial charge in [-0.1, -0.05) is 32.9 Å². The minimum atomic E-state index is -0.492. The van der Waals surface area contributed by atoms with Gasteiger partial charge in [-0.3, -0.25) is 4.90 Å². The summed E-state index contributed by atoms with van der Waals surface area (Å²) in [5.74, 6) is 1.72. The van der Waals surface area contributed by atoms with Crippen LogP contribution in [0.2, 0.25) is 0 Å². The molecule has 0 spiro atoms. The first-order valence-corrected chi connectivity index (χ1v) is 11.5. The molecule has 1 fully saturated rings. The molecule has 0 aliphatic carbocycles. The summed E-state index contributed by atoms with van der Waals surface area (Å²) in [4.78, 5) is 4.66. The third kappa shape index (κ3) is 7.40. The minimum Gasteiger partial charge on any atom is -0.497 e. The van der Waals surface area contributed by atoms with Crippen molar-refractivity contribution >= 4 is 5.69 Å². The molecule has 0 aromatic heterocycles. The fraction of sp³-hybridized carbons (Fsp3) is 0.538. The molecule has 1 aliphatic rings. The maximum absolute atomic E-state index is 10.3. The molecule has 1 aliphatic heterocycles. The number of β-amino-alcohol motifs (C(OH)–C–C–N with tert-alkyl or cyclic N) is 1. The van der Waals surface area contributed by atoms with Crippen LogP contribution in [0.25, 0.3) is 0 Å². The number of aliphatic hydroxyl groups is 1. The average molecular weight is 443 g/mol. The highest BCUT2D eigenvalue weighted by atomic mass is 16.5. The van der Waals surface area contributed by atoms with Crippen molar-refractivity contribution in [3.8, 4) is 11.5 Å². The predicted molar refractivity (Wildman–Crippen MR) is 129 cm³/mol. The topological polar surface area (TPSA) is 54.4 Å². The number of hydrogen-bond donors (Lipinski definition) is 1. The number of nitrogens with zero attached hydrogens (tertiary/aromatic N) is 2. The number of anilines is 1. The van der Waals surface area contributed by atoms with Gasteiger partial charge in [0, 0.05) is 38.4 Å². The molecule has 32 heavy (non-hydrogen) atoms. The Kier molecular flexibility index (Phi) is 8.79. The molecule has 3 rings (SSSR count). The van der Waals surface area contributed by atoms with Crippen LogP contribution in [-0.2, 0) is 10.2 Å². The molecule has 1 heterocycles. The van der Waals surface area contributed by atoms with Gasteiger partial charge in [-0.05, 0) is 47.4 Å². The van der Waals surface area contributed by atoms with Crippen LogP contribution in [0, 0.1) is 0 Å². The Morgan fingerprint density at radius 2 is 1.50 bits per heavy atom. The zero-order valence-corrected chi connectivity index (χ0v) is 19.9. The van der Waals surface area contributed by atoms with Gasteiger partial charge in [0.15, 0.2) is 0 Å². The van der Waals surface area contributed by atoms with E-state index in [1.54, 1.807) is 7.11 Å². The minimum absolute atomic E-state index is 0.139. The van der Waals surface area contributed by atoms with Crippen LogP contribution < -0.4 is 14.4 Å². The van der Waals surface area contributed by atoms with Crippen molar-refractivity contribution in [3.63, 3.8) is 0 Å². The summed E-state index contributed by atoms with van der Waals surface area (Å²) >= 11 is 0. The smallest absolute Gasteiger partial charge is 0.119 e. The van der Waals surface area contributed by atoms with E-state index in [1.807, 2.05) is 24.3 Å². The summed E-state index contributed by atoms with van der Waals surface area (Å²) in [5.41, 5.74) is 2.64. The Morgan fingerprint density at radius 1 is 0.875 bits per heavy atom. The van der Waals surface area contributed by atoms with Crippen LogP contribution in [0.3, 0.4) is 0 Å². The molecule has 0 bridgehead atoms. The SMILES string of the molecule is COc1ccc(N2CCN(C[C@H](O)COCCOc3ccc(C(C)(C)C)cc3)CC2)cc1. The molecular formula is C26H38N2O4. The number of benzene rings is 2. The van der Waals surface area contributed by atoms with Crippen LogP contribution in [0.15, 0.2) is 48.5 Å². The normalized spacial score (nSPS) is 16.1. The van der Waals surface area contributed by atoms with Gasteiger partial charge >= 0.3 is 0 Å². The fourth-order valence-corrected chi connectivity index (χ4v) is 3.82. The fourth-order valence-electron chi connectivity index (χ4n) is 3.82. The number of rotatable bonds is 10. The van der Waals surface area contributed by atoms with E-state index in [2.05, 4.69) is 54.8 Å². The molecule has 6 heteroatoms. The van der Waals surface area contributed by atoms with E-state index in [4.69, 9.17) is 14.2 Å². The van der Waals surface area contributed by atoms with E-state index in [1.165, 1.54) is 11.3 Å². The first kappa shape index (κ1) is 24.4. The predicted octanol–water partition coefficient (Wildman–Crippen LogP) is 3.57. The van der Waals surface area contributed by atoms with E-state index in [-0.39, 0.29) is 5.41 Å². The van der Waals surface area contributed by atoms with E-state index < -0.39 is 6.10 Å². The number of hydrogen-bond acceptors (Lipinski definition) is 6. The van der Waals surface area contributed by atoms with Crippen molar-refractivity contribution in [1.29, 1.82) is 0 Å². The van der Waals surface area contributed by atoms with Gasteiger partial charge in [-0.25, -0.2) is 0 Å². The lowest BCUT2D eigenvalue weighted by atomic mass is 9.87. The van der Waals surface area contributed by atoms with E-state index >= 15 is 0 Å². The molecule has 6 nitrogen and oxygen atoms in total. The Hall–Kier alpha value is -2.28. The van der Waals surface area contributed by atoms with Crippen molar-refractivity contribution in [2.45, 2.75) is 32.3 Å². The maximum atomic E-state index is 10.3. The highest BCUT2D eigenvalue weighted by molar-refractivity contribution is 5.49. The summed E-state index contributed by atoms with van der Waals surface area (Å²) in [5, 5.41) is 10.3. The molecule has 2 aromatic rings. The quantitative estimate of drug-likeness (QED) is 0.568. The molecule has 176 valence electrons. The zero-order chi connectivity index (χ0) is 23.0. The lowest BCUT2D eigenvalue weighted by molar-refractivity contribution is 0.00718. The van der Waals surface area contributed by atoms with Gasteiger partial charge in [0.1, 0.15) is 18.1 Å². The number of ether oxygens (including phenoxy) is 3. The van der Waals surface area contributed by atoms with Crippen molar-refractivity contribution in [2.24, 2.45) is 0 Å². The Bertz CT molecular complexity index is 794. The Balaban J connectivity index is 1.28. The lowest BCUT2D eigenvalue weighted by Crippen LogP contribution is -2.49. The summed E-state index contributed by atoms with van der Waals surface area (Å²) in [6.07, 6.45) is -0.492. The third-order valence-corrected chi connectivity index (χ3v) is 5.81. The van der Waals surface area contributed by atoms with Gasteiger partial charge in [-0.15, -0.1) is 0 Å². The van der Waals surface area contributed by atoms with Crippen LogP contribution in [-0.4, -0.2) is 75.8 Å². The molecule has 1 N–H and O–H groups in total. The number of aliphatic hydroxyl groups excluding tert-OH is 1. The molecule has 0 amide bonds. The monoisotopic (exact) mass is 442 g/mol. The molecular weight excluding hydrogens is 404 g/mol. The number of methoxy groups -OCH3 is 1. The standard InChI is InChI=1S/C26H38N2O4/c1-26(2,3)21-5-9-25(10-6-21)32-18-17-31-20-23(29)19-27-13-15-28(16-14-27)22-7-11-24(30-4)12-8-22/h5-12,23,29H,13-20H2,1-4H3/t23-/m0/s1. The van der Waals surface area contributed by atoms with Gasteiger partial charge in [-0.2, -0.15) is 0 Å². The van der Waals surface area contributed by atoms with Gasteiger partial charge in [0.25, 0.3) is 0 Å². The van der Waals surface area contributed by atoms with Gasteiger partial charge in [0.05, 0.1) is 26.4 Å².